The molecule has 0 saturated carbocycles. The van der Waals surface area contributed by atoms with Crippen LogP contribution in [0.1, 0.15) is 29.7 Å². The molecule has 0 N–H and O–H groups in total. The summed E-state index contributed by atoms with van der Waals surface area (Å²) < 4.78 is 20.6. The molecule has 42 heavy (non-hydrogen) atoms. The Morgan fingerprint density at radius 1 is 1.10 bits per heavy atom. The monoisotopic (exact) mass is 804 g/mol. The van der Waals surface area contributed by atoms with E-state index in [2.05, 4.69) is 51.8 Å². The number of hydrogen-bond donors (Lipinski definition) is 0. The molecular formula is C32H26I2N2O5S. The first-order chi connectivity index (χ1) is 20.4. The molecule has 7 nitrogen and oxygen atoms in total. The normalized spacial score (nSPS) is 14.7. The van der Waals surface area contributed by atoms with Crippen molar-refractivity contribution < 1.29 is 19.0 Å². The molecule has 0 unspecified atom stereocenters. The minimum absolute atomic E-state index is 0.188. The Labute approximate surface area is 274 Å². The van der Waals surface area contributed by atoms with Crippen LogP contribution >= 0.6 is 56.5 Å². The van der Waals surface area contributed by atoms with Crippen LogP contribution in [0.2, 0.25) is 0 Å². The lowest BCUT2D eigenvalue weighted by atomic mass is 9.93. The number of fused-ring (bicyclic) bond motifs is 1. The summed E-state index contributed by atoms with van der Waals surface area (Å²) in [5.41, 5.74) is 2.90. The third-order valence-electron chi connectivity index (χ3n) is 6.47. The fourth-order valence-electron chi connectivity index (χ4n) is 4.64. The van der Waals surface area contributed by atoms with Crippen LogP contribution in [-0.4, -0.2) is 30.9 Å². The van der Waals surface area contributed by atoms with E-state index in [9.17, 15) is 9.59 Å². The quantitative estimate of drug-likeness (QED) is 0.123. The first-order valence-corrected chi connectivity index (χ1v) is 16.0. The molecule has 1 aliphatic heterocycles. The summed E-state index contributed by atoms with van der Waals surface area (Å²) in [6, 6.07) is 20.0. The van der Waals surface area contributed by atoms with Crippen molar-refractivity contribution in [1.29, 1.82) is 0 Å². The lowest BCUT2D eigenvalue weighted by Crippen LogP contribution is -2.40. The van der Waals surface area contributed by atoms with E-state index in [1.54, 1.807) is 24.7 Å². The van der Waals surface area contributed by atoms with Gasteiger partial charge in [0.05, 0.1) is 42.7 Å². The maximum Gasteiger partial charge on any atom is 0.338 e. The largest absolute Gasteiger partial charge is 0.497 e. The molecule has 0 bridgehead atoms. The highest BCUT2D eigenvalue weighted by Gasteiger charge is 2.35. The van der Waals surface area contributed by atoms with Crippen molar-refractivity contribution in [2.75, 3.05) is 20.3 Å². The Bertz CT molecular complexity index is 1840. The van der Waals surface area contributed by atoms with Crippen LogP contribution in [0, 0.1) is 7.14 Å². The number of carbonyl (C=O) groups excluding carboxylic acids is 1. The molecule has 0 spiro atoms. The van der Waals surface area contributed by atoms with E-state index in [4.69, 9.17) is 19.2 Å². The van der Waals surface area contributed by atoms with Gasteiger partial charge in [0, 0.05) is 5.56 Å². The number of nitrogens with zero attached hydrogens (tertiary/aromatic N) is 2. The molecule has 2 heterocycles. The van der Waals surface area contributed by atoms with E-state index in [0.717, 1.165) is 29.6 Å². The molecule has 5 rings (SSSR count). The number of benzene rings is 3. The standard InChI is InChI=1S/C32H26I2N2O5S/c1-4-15-41-29-23(33)16-19(17-24(29)34)18-25-30(37)36-28(21-11-13-22(39-3)14-12-21)26(31(38)40-5-2)27(35-32(36)42-25)20-9-7-6-8-10-20/h4,6-14,16-18,28H,1,5,15H2,2-3H3/b25-18-/t28-/m0/s1. The van der Waals surface area contributed by atoms with Gasteiger partial charge in [-0.2, -0.15) is 0 Å². The molecule has 0 fully saturated rings. The molecule has 10 heteroatoms. The third kappa shape index (κ3) is 6.11. The van der Waals surface area contributed by atoms with Crippen LogP contribution in [0.25, 0.3) is 11.8 Å². The number of ether oxygens (including phenoxy) is 3. The van der Waals surface area contributed by atoms with Gasteiger partial charge in [0.15, 0.2) is 4.80 Å². The number of aromatic nitrogens is 1. The van der Waals surface area contributed by atoms with Crippen LogP contribution in [0.15, 0.2) is 94.7 Å². The Morgan fingerprint density at radius 2 is 1.79 bits per heavy atom. The first kappa shape index (κ1) is 30.2. The van der Waals surface area contributed by atoms with Crippen molar-refractivity contribution in [2.45, 2.75) is 13.0 Å². The lowest BCUT2D eigenvalue weighted by Gasteiger charge is -2.26. The zero-order valence-electron chi connectivity index (χ0n) is 22.8. The molecular weight excluding hydrogens is 778 g/mol. The van der Waals surface area contributed by atoms with Crippen LogP contribution < -0.4 is 24.4 Å². The predicted octanol–water partition coefficient (Wildman–Crippen LogP) is 5.72. The Morgan fingerprint density at radius 3 is 2.40 bits per heavy atom. The Hall–Kier alpha value is -3.23. The highest BCUT2D eigenvalue weighted by Crippen LogP contribution is 2.36. The molecule has 1 atom stereocenters. The SMILES string of the molecule is C=CCOc1c(I)cc(/C=c2\sc3n(c2=O)[C@@H](c2ccc(OC)cc2)C(C(=O)OCC)=C(c2ccccc2)N=3)cc1I. The van der Waals surface area contributed by atoms with Gasteiger partial charge in [-0.3, -0.25) is 9.36 Å². The maximum absolute atomic E-state index is 14.1. The molecule has 0 saturated heterocycles. The summed E-state index contributed by atoms with van der Waals surface area (Å²) in [6.07, 6.45) is 3.56. The number of thiazole rings is 1. The zero-order chi connectivity index (χ0) is 29.8. The van der Waals surface area contributed by atoms with Gasteiger partial charge in [0.25, 0.3) is 5.56 Å². The molecule has 1 aliphatic rings. The molecule has 0 aliphatic carbocycles. The fraction of sp³-hybridized carbons (Fsp3) is 0.156. The number of methoxy groups -OCH3 is 1. The fourth-order valence-corrected chi connectivity index (χ4v) is 7.76. The second-order valence-electron chi connectivity index (χ2n) is 9.12. The van der Waals surface area contributed by atoms with Gasteiger partial charge < -0.3 is 14.2 Å². The van der Waals surface area contributed by atoms with E-state index in [0.29, 0.717) is 33.0 Å². The summed E-state index contributed by atoms with van der Waals surface area (Å²) >= 11 is 5.75. The van der Waals surface area contributed by atoms with E-state index in [1.165, 1.54) is 11.3 Å². The second kappa shape index (κ2) is 13.4. The van der Waals surface area contributed by atoms with Gasteiger partial charge >= 0.3 is 5.97 Å². The highest BCUT2D eigenvalue weighted by molar-refractivity contribution is 14.1. The highest BCUT2D eigenvalue weighted by atomic mass is 127. The number of halogens is 2. The van der Waals surface area contributed by atoms with E-state index in [-0.39, 0.29) is 12.2 Å². The number of carbonyl (C=O) groups is 1. The molecule has 214 valence electrons. The van der Waals surface area contributed by atoms with Crippen molar-refractivity contribution in [2.24, 2.45) is 4.99 Å². The second-order valence-corrected chi connectivity index (χ2v) is 12.5. The maximum atomic E-state index is 14.1. The number of esters is 1. The smallest absolute Gasteiger partial charge is 0.338 e. The van der Waals surface area contributed by atoms with Gasteiger partial charge in [-0.05, 0) is 93.6 Å². The van der Waals surface area contributed by atoms with Crippen molar-refractivity contribution in [3.8, 4) is 11.5 Å². The van der Waals surface area contributed by atoms with Crippen molar-refractivity contribution in [3.05, 3.63) is 128 Å². The van der Waals surface area contributed by atoms with Gasteiger partial charge in [-0.15, -0.1) is 0 Å². The van der Waals surface area contributed by atoms with Crippen molar-refractivity contribution in [1.82, 2.24) is 4.57 Å². The number of hydrogen-bond acceptors (Lipinski definition) is 7. The van der Waals surface area contributed by atoms with Gasteiger partial charge in [0.2, 0.25) is 0 Å². The number of rotatable bonds is 9. The van der Waals surface area contributed by atoms with Crippen molar-refractivity contribution >= 4 is 74.3 Å². The van der Waals surface area contributed by atoms with Gasteiger partial charge in [0.1, 0.15) is 18.1 Å². The van der Waals surface area contributed by atoms with Crippen molar-refractivity contribution in [3.63, 3.8) is 0 Å². The van der Waals surface area contributed by atoms with Crippen LogP contribution in [0.3, 0.4) is 0 Å². The Kier molecular flexibility index (Phi) is 9.63. The van der Waals surface area contributed by atoms with Gasteiger partial charge in [-0.25, -0.2) is 9.79 Å². The van der Waals surface area contributed by atoms with E-state index >= 15 is 0 Å². The van der Waals surface area contributed by atoms with E-state index < -0.39 is 12.0 Å². The van der Waals surface area contributed by atoms with Crippen LogP contribution in [0.4, 0.5) is 0 Å². The Balaban J connectivity index is 1.76. The van der Waals surface area contributed by atoms with Crippen LogP contribution in [0.5, 0.6) is 11.5 Å². The molecule has 0 radical (unpaired) electrons. The minimum Gasteiger partial charge on any atom is -0.497 e. The van der Waals surface area contributed by atoms with E-state index in [1.807, 2.05) is 72.8 Å². The molecule has 4 aromatic rings. The minimum atomic E-state index is -0.751. The summed E-state index contributed by atoms with van der Waals surface area (Å²) in [7, 11) is 1.59. The average Bonchev–Trinajstić information content (AvgIpc) is 3.30. The molecule has 1 aromatic heterocycles. The average molecular weight is 804 g/mol. The topological polar surface area (TPSA) is 79.1 Å². The summed E-state index contributed by atoms with van der Waals surface area (Å²) in [6.45, 7) is 6.07. The summed E-state index contributed by atoms with van der Waals surface area (Å²) in [5, 5.41) is 0. The molecule has 0 amide bonds. The first-order valence-electron chi connectivity index (χ1n) is 13.0. The summed E-state index contributed by atoms with van der Waals surface area (Å²) in [5.74, 6) is 0.927. The zero-order valence-corrected chi connectivity index (χ0v) is 27.9. The predicted molar refractivity (Wildman–Crippen MR) is 182 cm³/mol. The summed E-state index contributed by atoms with van der Waals surface area (Å²) in [4.78, 5) is 33.1. The van der Waals surface area contributed by atoms with Gasteiger partial charge in [-0.1, -0.05) is 66.5 Å². The molecule has 3 aromatic carbocycles. The lowest BCUT2D eigenvalue weighted by molar-refractivity contribution is -0.138. The van der Waals surface area contributed by atoms with Crippen LogP contribution in [-0.2, 0) is 9.53 Å². The third-order valence-corrected chi connectivity index (χ3v) is 9.05.